The van der Waals surface area contributed by atoms with Gasteiger partial charge in [0.25, 0.3) is 11.6 Å². The summed E-state index contributed by atoms with van der Waals surface area (Å²) < 4.78 is 23.1. The number of ether oxygens (including phenoxy) is 2. The van der Waals surface area contributed by atoms with Gasteiger partial charge in [-0.25, -0.2) is 4.39 Å². The number of nitro groups is 1. The number of hydrogen-bond acceptors (Lipinski definition) is 5. The van der Waals surface area contributed by atoms with Crippen molar-refractivity contribution >= 4 is 11.6 Å². The monoisotopic (exact) mass is 286 g/mol. The Labute approximate surface area is 114 Å². The van der Waals surface area contributed by atoms with Crippen LogP contribution in [0.15, 0.2) is 18.2 Å². The molecule has 0 spiro atoms. The number of halogens is 1. The van der Waals surface area contributed by atoms with Crippen LogP contribution in [0.2, 0.25) is 0 Å². The molecular weight excluding hydrogens is 271 g/mol. The van der Waals surface area contributed by atoms with E-state index in [0.29, 0.717) is 0 Å². The molecule has 1 N–H and O–H groups in total. The summed E-state index contributed by atoms with van der Waals surface area (Å²) in [6.45, 7) is 1.60. The van der Waals surface area contributed by atoms with E-state index in [1.165, 1.54) is 14.2 Å². The van der Waals surface area contributed by atoms with Crippen molar-refractivity contribution in [2.75, 3.05) is 14.2 Å². The lowest BCUT2D eigenvalue weighted by atomic mass is 10.1. The van der Waals surface area contributed by atoms with Crippen molar-refractivity contribution in [2.45, 2.75) is 19.3 Å². The molecule has 0 fully saturated rings. The Morgan fingerprint density at radius 1 is 1.40 bits per heavy atom. The molecule has 1 aromatic rings. The minimum Gasteiger partial charge on any atom is -0.354 e. The van der Waals surface area contributed by atoms with Crippen molar-refractivity contribution in [1.29, 1.82) is 0 Å². The fraction of sp³-hybridized carbons (Fsp3) is 0.417. The topological polar surface area (TPSA) is 90.7 Å². The number of hydrogen-bond donors (Lipinski definition) is 1. The van der Waals surface area contributed by atoms with Crippen LogP contribution < -0.4 is 5.32 Å². The summed E-state index contributed by atoms with van der Waals surface area (Å²) in [5.41, 5.74) is -0.824. The van der Waals surface area contributed by atoms with Crippen LogP contribution in [0.25, 0.3) is 0 Å². The summed E-state index contributed by atoms with van der Waals surface area (Å²) in [6, 6.07) is 2.11. The first-order chi connectivity index (χ1) is 9.40. The normalized spacial score (nSPS) is 12.2. The highest BCUT2D eigenvalue weighted by Crippen LogP contribution is 2.19. The van der Waals surface area contributed by atoms with Gasteiger partial charge in [0, 0.05) is 20.3 Å². The van der Waals surface area contributed by atoms with E-state index in [1.807, 2.05) is 0 Å². The van der Waals surface area contributed by atoms with Crippen LogP contribution in [0.4, 0.5) is 10.1 Å². The standard InChI is InChI=1S/C12H15FN2O5/c1-7(12(19-2)20-3)14-11(16)9-6-8(13)4-5-10(9)15(17)18/h4-7,12H,1-3H3,(H,14,16). The molecule has 0 radical (unpaired) electrons. The summed E-state index contributed by atoms with van der Waals surface area (Å²) >= 11 is 0. The maximum Gasteiger partial charge on any atom is 0.282 e. The minimum atomic E-state index is -0.775. The molecule has 7 nitrogen and oxygen atoms in total. The van der Waals surface area contributed by atoms with Gasteiger partial charge in [-0.15, -0.1) is 0 Å². The lowest BCUT2D eigenvalue weighted by Crippen LogP contribution is -2.43. The first-order valence-corrected chi connectivity index (χ1v) is 5.71. The van der Waals surface area contributed by atoms with Crippen molar-refractivity contribution in [3.05, 3.63) is 39.7 Å². The highest BCUT2D eigenvalue weighted by Gasteiger charge is 2.24. The van der Waals surface area contributed by atoms with E-state index in [-0.39, 0.29) is 5.56 Å². The van der Waals surface area contributed by atoms with E-state index in [1.54, 1.807) is 6.92 Å². The molecular formula is C12H15FN2O5. The van der Waals surface area contributed by atoms with E-state index in [0.717, 1.165) is 18.2 Å². The average molecular weight is 286 g/mol. The van der Waals surface area contributed by atoms with Gasteiger partial charge in [-0.1, -0.05) is 0 Å². The van der Waals surface area contributed by atoms with Crippen molar-refractivity contribution in [3.63, 3.8) is 0 Å². The zero-order valence-corrected chi connectivity index (χ0v) is 11.3. The number of nitrogens with zero attached hydrogens (tertiary/aromatic N) is 1. The van der Waals surface area contributed by atoms with E-state index in [9.17, 15) is 19.3 Å². The number of benzene rings is 1. The molecule has 0 saturated heterocycles. The molecule has 1 unspecified atom stereocenters. The predicted octanol–water partition coefficient (Wildman–Crippen LogP) is 1.47. The minimum absolute atomic E-state index is 0.354. The molecule has 1 rings (SSSR count). The second kappa shape index (κ2) is 6.92. The van der Waals surface area contributed by atoms with Crippen molar-refractivity contribution in [2.24, 2.45) is 0 Å². The Balaban J connectivity index is 2.97. The Kier molecular flexibility index (Phi) is 5.53. The Hall–Kier alpha value is -2.06. The average Bonchev–Trinajstić information content (AvgIpc) is 2.39. The molecule has 20 heavy (non-hydrogen) atoms. The molecule has 8 heteroatoms. The molecule has 0 aliphatic rings. The van der Waals surface area contributed by atoms with Gasteiger partial charge in [0.15, 0.2) is 6.29 Å². The van der Waals surface area contributed by atoms with Crippen LogP contribution in [-0.2, 0) is 9.47 Å². The fourth-order valence-electron chi connectivity index (χ4n) is 1.71. The van der Waals surface area contributed by atoms with Gasteiger partial charge >= 0.3 is 0 Å². The van der Waals surface area contributed by atoms with Gasteiger partial charge in [0.1, 0.15) is 11.4 Å². The molecule has 0 heterocycles. The molecule has 0 aromatic heterocycles. The zero-order valence-electron chi connectivity index (χ0n) is 11.3. The first kappa shape index (κ1) is 16.0. The number of rotatable bonds is 6. The summed E-state index contributed by atoms with van der Waals surface area (Å²) in [5.74, 6) is -1.51. The molecule has 0 bridgehead atoms. The maximum absolute atomic E-state index is 13.1. The molecule has 0 aliphatic carbocycles. The smallest absolute Gasteiger partial charge is 0.282 e. The highest BCUT2D eigenvalue weighted by molar-refractivity contribution is 5.98. The number of methoxy groups -OCH3 is 2. The van der Waals surface area contributed by atoms with E-state index >= 15 is 0 Å². The van der Waals surface area contributed by atoms with E-state index in [4.69, 9.17) is 9.47 Å². The van der Waals surface area contributed by atoms with Gasteiger partial charge in [0.05, 0.1) is 11.0 Å². The third kappa shape index (κ3) is 3.72. The number of carbonyl (C=O) groups is 1. The Bertz CT molecular complexity index is 505. The second-order valence-corrected chi connectivity index (χ2v) is 4.02. The lowest BCUT2D eigenvalue weighted by molar-refractivity contribution is -0.385. The van der Waals surface area contributed by atoms with Gasteiger partial charge < -0.3 is 14.8 Å². The molecule has 1 aromatic carbocycles. The molecule has 1 atom stereocenters. The molecule has 0 aliphatic heterocycles. The fourth-order valence-corrected chi connectivity index (χ4v) is 1.71. The number of carbonyl (C=O) groups excluding carboxylic acids is 1. The van der Waals surface area contributed by atoms with Gasteiger partial charge in [-0.3, -0.25) is 14.9 Å². The van der Waals surface area contributed by atoms with Crippen LogP contribution in [0.5, 0.6) is 0 Å². The maximum atomic E-state index is 13.1. The van der Waals surface area contributed by atoms with E-state index < -0.39 is 34.7 Å². The number of nitrogens with one attached hydrogen (secondary N) is 1. The Morgan fingerprint density at radius 2 is 2.00 bits per heavy atom. The van der Waals surface area contributed by atoms with Crippen LogP contribution in [0, 0.1) is 15.9 Å². The van der Waals surface area contributed by atoms with Crippen LogP contribution in [0.1, 0.15) is 17.3 Å². The van der Waals surface area contributed by atoms with Crippen LogP contribution in [0.3, 0.4) is 0 Å². The molecule has 1 amide bonds. The first-order valence-electron chi connectivity index (χ1n) is 5.71. The summed E-state index contributed by atoms with van der Waals surface area (Å²) in [7, 11) is 2.78. The molecule has 110 valence electrons. The highest BCUT2D eigenvalue weighted by atomic mass is 19.1. The molecule has 0 saturated carbocycles. The largest absolute Gasteiger partial charge is 0.354 e. The second-order valence-electron chi connectivity index (χ2n) is 4.02. The quantitative estimate of drug-likeness (QED) is 0.486. The van der Waals surface area contributed by atoms with E-state index in [2.05, 4.69) is 5.32 Å². The van der Waals surface area contributed by atoms with Gasteiger partial charge in [-0.05, 0) is 19.1 Å². The Morgan fingerprint density at radius 3 is 2.50 bits per heavy atom. The van der Waals surface area contributed by atoms with Crippen molar-refractivity contribution < 1.29 is 23.6 Å². The third-order valence-corrected chi connectivity index (χ3v) is 2.63. The zero-order chi connectivity index (χ0) is 15.3. The third-order valence-electron chi connectivity index (χ3n) is 2.63. The summed E-state index contributed by atoms with van der Waals surface area (Å²) in [4.78, 5) is 22.1. The summed E-state index contributed by atoms with van der Waals surface area (Å²) in [6.07, 6.45) is -0.716. The lowest BCUT2D eigenvalue weighted by Gasteiger charge is -2.22. The SMILES string of the molecule is COC(OC)C(C)NC(=O)c1cc(F)ccc1[N+](=O)[O-]. The van der Waals surface area contributed by atoms with Gasteiger partial charge in [0.2, 0.25) is 0 Å². The van der Waals surface area contributed by atoms with Gasteiger partial charge in [-0.2, -0.15) is 0 Å². The number of amides is 1. The van der Waals surface area contributed by atoms with Crippen molar-refractivity contribution in [1.82, 2.24) is 5.32 Å². The van der Waals surface area contributed by atoms with Crippen LogP contribution >= 0.6 is 0 Å². The van der Waals surface area contributed by atoms with Crippen LogP contribution in [-0.4, -0.2) is 37.4 Å². The summed E-state index contributed by atoms with van der Waals surface area (Å²) in [5, 5.41) is 13.3. The van der Waals surface area contributed by atoms with Crippen molar-refractivity contribution in [3.8, 4) is 0 Å². The predicted molar refractivity (Wildman–Crippen MR) is 67.8 cm³/mol. The number of nitro benzene ring substituents is 1.